The van der Waals surface area contributed by atoms with Crippen LogP contribution in [0.15, 0.2) is 50.4 Å². The van der Waals surface area contributed by atoms with Gasteiger partial charge in [-0.05, 0) is 53.0 Å². The van der Waals surface area contributed by atoms with Gasteiger partial charge in [-0.1, -0.05) is 18.6 Å². The highest BCUT2D eigenvalue weighted by Crippen LogP contribution is 2.27. The van der Waals surface area contributed by atoms with Crippen molar-refractivity contribution in [2.45, 2.75) is 24.2 Å². The number of para-hydroxylation sites is 1. The fourth-order valence-corrected chi connectivity index (χ4v) is 4.63. The summed E-state index contributed by atoms with van der Waals surface area (Å²) in [5.74, 6) is -0.394. The molecule has 1 N–H and O–H groups in total. The van der Waals surface area contributed by atoms with E-state index < -0.39 is 15.9 Å². The van der Waals surface area contributed by atoms with Crippen LogP contribution in [0.25, 0.3) is 0 Å². The van der Waals surface area contributed by atoms with Gasteiger partial charge in [0.15, 0.2) is 10.4 Å². The number of furan rings is 1. The minimum Gasteiger partial charge on any atom is -0.444 e. The minimum absolute atomic E-state index is 0.103. The highest BCUT2D eigenvalue weighted by molar-refractivity contribution is 9.10. The van der Waals surface area contributed by atoms with Gasteiger partial charge in [-0.3, -0.25) is 4.79 Å². The molecule has 2 heterocycles. The van der Waals surface area contributed by atoms with E-state index in [0.29, 0.717) is 17.8 Å². The molecule has 1 amide bonds. The van der Waals surface area contributed by atoms with Crippen molar-refractivity contribution in [2.75, 3.05) is 18.4 Å². The van der Waals surface area contributed by atoms with Gasteiger partial charge in [0, 0.05) is 13.1 Å². The fourth-order valence-electron chi connectivity index (χ4n) is 2.66. The van der Waals surface area contributed by atoms with Crippen molar-refractivity contribution in [1.82, 2.24) is 4.31 Å². The Morgan fingerprint density at radius 3 is 2.46 bits per heavy atom. The lowest BCUT2D eigenvalue weighted by atomic mass is 10.2. The predicted octanol–water partition coefficient (Wildman–Crippen LogP) is 3.47. The van der Waals surface area contributed by atoms with E-state index in [1.165, 1.54) is 16.4 Å². The fraction of sp³-hybridized carbons (Fsp3) is 0.312. The molecule has 0 spiro atoms. The minimum atomic E-state index is -3.64. The molecule has 3 rings (SSSR count). The number of amides is 1. The van der Waals surface area contributed by atoms with Crippen LogP contribution in [-0.2, 0) is 10.0 Å². The second-order valence-electron chi connectivity index (χ2n) is 5.52. The van der Waals surface area contributed by atoms with Gasteiger partial charge in [0.05, 0.1) is 5.69 Å². The first kappa shape index (κ1) is 17.2. The lowest BCUT2D eigenvalue weighted by molar-refractivity contribution is 0.0995. The highest BCUT2D eigenvalue weighted by Gasteiger charge is 2.28. The number of nitrogens with one attached hydrogen (secondary N) is 1. The molecule has 1 fully saturated rings. The summed E-state index contributed by atoms with van der Waals surface area (Å²) in [6.07, 6.45) is 2.75. The van der Waals surface area contributed by atoms with Crippen molar-refractivity contribution >= 4 is 37.5 Å². The molecule has 6 nitrogen and oxygen atoms in total. The number of anilines is 1. The van der Waals surface area contributed by atoms with Gasteiger partial charge in [0.2, 0.25) is 10.0 Å². The zero-order valence-corrected chi connectivity index (χ0v) is 15.3. The SMILES string of the molecule is O=C(Nc1ccccc1S(=O)(=O)N1CCCCC1)c1ccc(Br)o1. The van der Waals surface area contributed by atoms with Gasteiger partial charge in [0.1, 0.15) is 4.90 Å². The van der Waals surface area contributed by atoms with Crippen LogP contribution in [0.1, 0.15) is 29.8 Å². The van der Waals surface area contributed by atoms with Crippen molar-refractivity contribution in [3.63, 3.8) is 0 Å². The van der Waals surface area contributed by atoms with E-state index in [1.807, 2.05) is 0 Å². The predicted molar refractivity (Wildman–Crippen MR) is 93.4 cm³/mol. The quantitative estimate of drug-likeness (QED) is 0.833. The second kappa shape index (κ2) is 7.08. The zero-order chi connectivity index (χ0) is 17.2. The summed E-state index contributed by atoms with van der Waals surface area (Å²) in [7, 11) is -3.64. The van der Waals surface area contributed by atoms with Crippen LogP contribution in [-0.4, -0.2) is 31.7 Å². The maximum atomic E-state index is 12.9. The Hall–Kier alpha value is -1.64. The van der Waals surface area contributed by atoms with Crippen molar-refractivity contribution < 1.29 is 17.6 Å². The highest BCUT2D eigenvalue weighted by atomic mass is 79.9. The van der Waals surface area contributed by atoms with E-state index in [4.69, 9.17) is 4.42 Å². The average Bonchev–Trinajstić information content (AvgIpc) is 3.03. The first-order valence-corrected chi connectivity index (χ1v) is 9.87. The summed E-state index contributed by atoms with van der Waals surface area (Å²) in [5, 5.41) is 2.63. The summed E-state index contributed by atoms with van der Waals surface area (Å²) < 4.78 is 32.9. The van der Waals surface area contributed by atoms with Crippen molar-refractivity contribution in [2.24, 2.45) is 0 Å². The summed E-state index contributed by atoms with van der Waals surface area (Å²) in [6, 6.07) is 9.54. The average molecular weight is 413 g/mol. The molecule has 0 unspecified atom stereocenters. The van der Waals surface area contributed by atoms with E-state index in [-0.39, 0.29) is 16.3 Å². The molecule has 0 radical (unpaired) electrons. The van der Waals surface area contributed by atoms with Crippen molar-refractivity contribution in [3.05, 3.63) is 46.8 Å². The number of nitrogens with zero attached hydrogens (tertiary/aromatic N) is 1. The molecular weight excluding hydrogens is 396 g/mol. The van der Waals surface area contributed by atoms with E-state index in [9.17, 15) is 13.2 Å². The van der Waals surface area contributed by atoms with E-state index in [2.05, 4.69) is 21.2 Å². The molecule has 1 aliphatic rings. The number of carbonyl (C=O) groups is 1. The Kier molecular flexibility index (Phi) is 5.07. The molecule has 1 aromatic carbocycles. The van der Waals surface area contributed by atoms with Gasteiger partial charge in [-0.2, -0.15) is 4.31 Å². The number of carbonyl (C=O) groups excluding carboxylic acids is 1. The molecule has 2 aromatic rings. The summed E-state index contributed by atoms with van der Waals surface area (Å²) >= 11 is 3.13. The van der Waals surface area contributed by atoms with Crippen LogP contribution in [0.3, 0.4) is 0 Å². The van der Waals surface area contributed by atoms with E-state index in [0.717, 1.165) is 19.3 Å². The topological polar surface area (TPSA) is 79.6 Å². The standard InChI is InChI=1S/C16H17BrN2O4S/c17-15-9-8-13(23-15)16(20)18-12-6-2-3-7-14(12)24(21,22)19-10-4-1-5-11-19/h2-3,6-9H,1,4-5,10-11H2,(H,18,20). The number of halogens is 1. The molecule has 8 heteroatoms. The number of rotatable bonds is 4. The molecule has 0 aliphatic carbocycles. The molecule has 1 aromatic heterocycles. The third-order valence-corrected chi connectivity index (χ3v) is 6.25. The normalized spacial score (nSPS) is 16.0. The largest absolute Gasteiger partial charge is 0.444 e. The number of hydrogen-bond donors (Lipinski definition) is 1. The van der Waals surface area contributed by atoms with Crippen LogP contribution in [0.5, 0.6) is 0 Å². The van der Waals surface area contributed by atoms with E-state index in [1.54, 1.807) is 24.3 Å². The third-order valence-electron chi connectivity index (χ3n) is 3.87. The van der Waals surface area contributed by atoms with Crippen LogP contribution in [0.2, 0.25) is 0 Å². The first-order chi connectivity index (χ1) is 11.5. The van der Waals surface area contributed by atoms with Gasteiger partial charge in [-0.25, -0.2) is 8.42 Å². The lowest BCUT2D eigenvalue weighted by Crippen LogP contribution is -2.36. The van der Waals surface area contributed by atoms with Gasteiger partial charge in [-0.15, -0.1) is 0 Å². The maximum absolute atomic E-state index is 12.9. The second-order valence-corrected chi connectivity index (χ2v) is 8.21. The number of piperidine rings is 1. The molecule has 128 valence electrons. The molecule has 0 bridgehead atoms. The summed E-state index contributed by atoms with van der Waals surface area (Å²) in [6.45, 7) is 1.02. The molecular formula is C16H17BrN2O4S. The van der Waals surface area contributed by atoms with Gasteiger partial charge in [0.25, 0.3) is 5.91 Å². The molecule has 1 saturated heterocycles. The molecule has 24 heavy (non-hydrogen) atoms. The number of hydrogen-bond acceptors (Lipinski definition) is 4. The third kappa shape index (κ3) is 3.55. The van der Waals surface area contributed by atoms with Gasteiger partial charge >= 0.3 is 0 Å². The van der Waals surface area contributed by atoms with Crippen LogP contribution in [0.4, 0.5) is 5.69 Å². The van der Waals surface area contributed by atoms with Crippen molar-refractivity contribution in [1.29, 1.82) is 0 Å². The Balaban J connectivity index is 1.89. The number of sulfonamides is 1. The Labute approximate surface area is 149 Å². The van der Waals surface area contributed by atoms with Gasteiger partial charge < -0.3 is 9.73 Å². The zero-order valence-electron chi connectivity index (χ0n) is 12.9. The van der Waals surface area contributed by atoms with Crippen LogP contribution < -0.4 is 5.32 Å². The van der Waals surface area contributed by atoms with Crippen LogP contribution in [0, 0.1) is 0 Å². The number of benzene rings is 1. The van der Waals surface area contributed by atoms with E-state index >= 15 is 0 Å². The Morgan fingerprint density at radius 1 is 1.08 bits per heavy atom. The monoisotopic (exact) mass is 412 g/mol. The molecule has 0 atom stereocenters. The maximum Gasteiger partial charge on any atom is 0.291 e. The summed E-state index contributed by atoms with van der Waals surface area (Å²) in [4.78, 5) is 12.4. The molecule has 0 saturated carbocycles. The van der Waals surface area contributed by atoms with Crippen LogP contribution >= 0.6 is 15.9 Å². The lowest BCUT2D eigenvalue weighted by Gasteiger charge is -2.26. The summed E-state index contributed by atoms with van der Waals surface area (Å²) in [5.41, 5.74) is 0.251. The Bertz CT molecular complexity index is 841. The first-order valence-electron chi connectivity index (χ1n) is 7.64. The van der Waals surface area contributed by atoms with Crippen molar-refractivity contribution in [3.8, 4) is 0 Å². The Morgan fingerprint density at radius 2 is 1.79 bits per heavy atom. The smallest absolute Gasteiger partial charge is 0.291 e. The molecule has 1 aliphatic heterocycles.